The average Bonchev–Trinajstić information content (AvgIpc) is 2.60. The van der Waals surface area contributed by atoms with Gasteiger partial charge in [0, 0.05) is 25.2 Å². The zero-order valence-electron chi connectivity index (χ0n) is 14.1. The van der Waals surface area contributed by atoms with E-state index in [0.29, 0.717) is 5.56 Å². The summed E-state index contributed by atoms with van der Waals surface area (Å²) >= 11 is 0. The molecule has 0 unspecified atom stereocenters. The Morgan fingerprint density at radius 2 is 1.44 bits per heavy atom. The van der Waals surface area contributed by atoms with Gasteiger partial charge in [-0.1, -0.05) is 23.8 Å². The molecular formula is C17H19N3O4S. The Morgan fingerprint density at radius 1 is 0.880 bits per heavy atom. The molecule has 25 heavy (non-hydrogen) atoms. The van der Waals surface area contributed by atoms with Gasteiger partial charge in [-0.3, -0.25) is 20.4 Å². The van der Waals surface area contributed by atoms with Gasteiger partial charge in [-0.15, -0.1) is 0 Å². The number of aryl methyl sites for hydroxylation is 1. The van der Waals surface area contributed by atoms with Crippen LogP contribution in [0.25, 0.3) is 0 Å². The SMILES string of the molecule is Cc1ccc(C(=O)NNC(=O)c2cccc(S(=O)(=O)N(C)C)c2)cc1. The molecule has 0 heterocycles. The summed E-state index contributed by atoms with van der Waals surface area (Å²) in [6.45, 7) is 1.90. The molecule has 0 spiro atoms. The van der Waals surface area contributed by atoms with Crippen molar-refractivity contribution in [2.45, 2.75) is 11.8 Å². The molecule has 7 nitrogen and oxygen atoms in total. The van der Waals surface area contributed by atoms with Gasteiger partial charge in [0.1, 0.15) is 0 Å². The number of sulfonamides is 1. The van der Waals surface area contributed by atoms with Gasteiger partial charge in [-0.25, -0.2) is 12.7 Å². The van der Waals surface area contributed by atoms with Crippen molar-refractivity contribution in [1.29, 1.82) is 0 Å². The third-order valence-corrected chi connectivity index (χ3v) is 5.29. The first kappa shape index (κ1) is 18.6. The number of carbonyl (C=O) groups excluding carboxylic acids is 2. The summed E-state index contributed by atoms with van der Waals surface area (Å²) in [6.07, 6.45) is 0. The van der Waals surface area contributed by atoms with E-state index in [1.54, 1.807) is 24.3 Å². The Kier molecular flexibility index (Phi) is 5.55. The highest BCUT2D eigenvalue weighted by atomic mass is 32.2. The normalized spacial score (nSPS) is 11.2. The van der Waals surface area contributed by atoms with Crippen molar-refractivity contribution in [3.8, 4) is 0 Å². The smallest absolute Gasteiger partial charge is 0.267 e. The lowest BCUT2D eigenvalue weighted by Crippen LogP contribution is -2.41. The third kappa shape index (κ3) is 4.43. The minimum absolute atomic E-state index is 0.00462. The fourth-order valence-electron chi connectivity index (χ4n) is 1.97. The summed E-state index contributed by atoms with van der Waals surface area (Å²) in [5, 5.41) is 0. The fraction of sp³-hybridized carbons (Fsp3) is 0.176. The number of hydrogen-bond acceptors (Lipinski definition) is 4. The lowest BCUT2D eigenvalue weighted by atomic mass is 10.1. The standard InChI is InChI=1S/C17H19N3O4S/c1-12-7-9-13(10-8-12)16(21)18-19-17(22)14-5-4-6-15(11-14)25(23,24)20(2)3/h4-11H,1-3H3,(H,18,21)(H,19,22). The van der Waals surface area contributed by atoms with Gasteiger partial charge >= 0.3 is 0 Å². The minimum atomic E-state index is -3.65. The maximum absolute atomic E-state index is 12.1. The molecule has 0 saturated carbocycles. The molecule has 2 N–H and O–H groups in total. The first-order valence-corrected chi connectivity index (χ1v) is 8.86. The molecule has 0 aliphatic rings. The Bertz CT molecular complexity index is 890. The number of nitrogens with one attached hydrogen (secondary N) is 2. The lowest BCUT2D eigenvalue weighted by Gasteiger charge is -2.12. The quantitative estimate of drug-likeness (QED) is 0.803. The number of rotatable bonds is 4. The summed E-state index contributed by atoms with van der Waals surface area (Å²) in [4.78, 5) is 24.1. The van der Waals surface area contributed by atoms with Crippen LogP contribution in [0, 0.1) is 6.92 Å². The van der Waals surface area contributed by atoms with Gasteiger partial charge < -0.3 is 0 Å². The van der Waals surface area contributed by atoms with Crippen LogP contribution in [-0.2, 0) is 10.0 Å². The van der Waals surface area contributed by atoms with Gasteiger partial charge in [-0.05, 0) is 37.3 Å². The second-order valence-electron chi connectivity index (χ2n) is 5.59. The fourth-order valence-corrected chi connectivity index (χ4v) is 2.92. The van der Waals surface area contributed by atoms with Crippen molar-refractivity contribution in [3.05, 3.63) is 65.2 Å². The van der Waals surface area contributed by atoms with Crippen LogP contribution < -0.4 is 10.9 Å². The monoisotopic (exact) mass is 361 g/mol. The van der Waals surface area contributed by atoms with E-state index in [4.69, 9.17) is 0 Å². The second kappa shape index (κ2) is 7.45. The molecule has 0 radical (unpaired) electrons. The number of nitrogens with zero attached hydrogens (tertiary/aromatic N) is 1. The molecular weight excluding hydrogens is 342 g/mol. The highest BCUT2D eigenvalue weighted by Gasteiger charge is 2.19. The summed E-state index contributed by atoms with van der Waals surface area (Å²) < 4.78 is 25.3. The number of hydrogen-bond donors (Lipinski definition) is 2. The molecule has 0 atom stereocenters. The minimum Gasteiger partial charge on any atom is -0.267 e. The zero-order chi connectivity index (χ0) is 18.6. The van der Waals surface area contributed by atoms with Crippen LogP contribution in [0.4, 0.5) is 0 Å². The molecule has 2 rings (SSSR count). The van der Waals surface area contributed by atoms with Gasteiger partial charge in [0.05, 0.1) is 4.90 Å². The first-order chi connectivity index (χ1) is 11.7. The topological polar surface area (TPSA) is 95.6 Å². The molecule has 0 saturated heterocycles. The molecule has 0 aromatic heterocycles. The molecule has 8 heteroatoms. The van der Waals surface area contributed by atoms with E-state index in [-0.39, 0.29) is 10.5 Å². The molecule has 2 aromatic carbocycles. The molecule has 0 bridgehead atoms. The van der Waals surface area contributed by atoms with Crippen LogP contribution in [0.15, 0.2) is 53.4 Å². The van der Waals surface area contributed by atoms with Crippen LogP contribution in [0.2, 0.25) is 0 Å². The van der Waals surface area contributed by atoms with E-state index in [1.165, 1.54) is 38.4 Å². The van der Waals surface area contributed by atoms with Gasteiger partial charge in [0.15, 0.2) is 0 Å². The third-order valence-electron chi connectivity index (χ3n) is 3.48. The van der Waals surface area contributed by atoms with Gasteiger partial charge in [0.25, 0.3) is 11.8 Å². The van der Waals surface area contributed by atoms with Crippen molar-refractivity contribution in [1.82, 2.24) is 15.2 Å². The predicted octanol–water partition coefficient (Wildman–Crippen LogP) is 1.32. The van der Waals surface area contributed by atoms with E-state index >= 15 is 0 Å². The summed E-state index contributed by atoms with van der Waals surface area (Å²) in [5.74, 6) is -1.08. The maximum atomic E-state index is 12.1. The zero-order valence-corrected chi connectivity index (χ0v) is 14.9. The van der Waals surface area contributed by atoms with E-state index in [2.05, 4.69) is 10.9 Å². The van der Waals surface area contributed by atoms with Crippen molar-refractivity contribution in [2.75, 3.05) is 14.1 Å². The maximum Gasteiger partial charge on any atom is 0.269 e. The summed E-state index contributed by atoms with van der Waals surface area (Å²) in [6, 6.07) is 12.4. The van der Waals surface area contributed by atoms with Crippen LogP contribution >= 0.6 is 0 Å². The Labute approximate surface area is 146 Å². The predicted molar refractivity (Wildman–Crippen MR) is 93.4 cm³/mol. The van der Waals surface area contributed by atoms with E-state index in [1.807, 2.05) is 6.92 Å². The second-order valence-corrected chi connectivity index (χ2v) is 7.74. The highest BCUT2D eigenvalue weighted by Crippen LogP contribution is 2.14. The molecule has 2 aromatic rings. The first-order valence-electron chi connectivity index (χ1n) is 7.42. The number of hydrazine groups is 1. The van der Waals surface area contributed by atoms with Crippen LogP contribution in [0.5, 0.6) is 0 Å². The Hall–Kier alpha value is -2.71. The van der Waals surface area contributed by atoms with E-state index in [0.717, 1.165) is 9.87 Å². The number of amides is 2. The summed E-state index contributed by atoms with van der Waals surface area (Å²) in [7, 11) is -0.832. The lowest BCUT2D eigenvalue weighted by molar-refractivity contribution is 0.0846. The van der Waals surface area contributed by atoms with Crippen LogP contribution in [0.1, 0.15) is 26.3 Å². The van der Waals surface area contributed by atoms with Gasteiger partial charge in [-0.2, -0.15) is 0 Å². The van der Waals surface area contributed by atoms with Crippen LogP contribution in [0.3, 0.4) is 0 Å². The van der Waals surface area contributed by atoms with Crippen molar-refractivity contribution in [3.63, 3.8) is 0 Å². The van der Waals surface area contributed by atoms with Crippen molar-refractivity contribution >= 4 is 21.8 Å². The number of carbonyl (C=O) groups is 2. The van der Waals surface area contributed by atoms with Crippen molar-refractivity contribution in [2.24, 2.45) is 0 Å². The number of benzene rings is 2. The Morgan fingerprint density at radius 3 is 2.00 bits per heavy atom. The molecule has 132 valence electrons. The van der Waals surface area contributed by atoms with E-state index < -0.39 is 21.8 Å². The molecule has 0 aliphatic carbocycles. The van der Waals surface area contributed by atoms with Gasteiger partial charge in [0.2, 0.25) is 10.0 Å². The largest absolute Gasteiger partial charge is 0.269 e. The van der Waals surface area contributed by atoms with Crippen LogP contribution in [-0.4, -0.2) is 38.6 Å². The average molecular weight is 361 g/mol. The highest BCUT2D eigenvalue weighted by molar-refractivity contribution is 7.89. The molecule has 0 aliphatic heterocycles. The van der Waals surface area contributed by atoms with Crippen molar-refractivity contribution < 1.29 is 18.0 Å². The Balaban J connectivity index is 2.09. The summed E-state index contributed by atoms with van der Waals surface area (Å²) in [5.41, 5.74) is 6.10. The molecule has 2 amide bonds. The van der Waals surface area contributed by atoms with E-state index in [9.17, 15) is 18.0 Å². The molecule has 0 fully saturated rings.